The second-order valence-electron chi connectivity index (χ2n) is 7.94. The number of benzene rings is 4. The average molecular weight is 404 g/mol. The molecular weight excluding hydrogens is 378 g/mol. The molecule has 0 aliphatic rings. The Morgan fingerprint density at radius 1 is 0.581 bits per heavy atom. The van der Waals surface area contributed by atoms with Crippen molar-refractivity contribution >= 4 is 10.8 Å². The Hall–Kier alpha value is -3.78. The minimum Gasteiger partial charge on any atom is -0.497 e. The van der Waals surface area contributed by atoms with Gasteiger partial charge in [0.15, 0.2) is 0 Å². The molecular formula is C29H25NO. The Balaban J connectivity index is 1.96. The molecule has 31 heavy (non-hydrogen) atoms. The summed E-state index contributed by atoms with van der Waals surface area (Å²) in [6.45, 7) is 4.38. The van der Waals surface area contributed by atoms with Crippen molar-refractivity contribution in [3.05, 3.63) is 108 Å². The highest BCUT2D eigenvalue weighted by molar-refractivity contribution is 6.07. The summed E-state index contributed by atoms with van der Waals surface area (Å²) in [6, 6.07) is 34.3. The van der Waals surface area contributed by atoms with Gasteiger partial charge in [-0.3, -0.25) is 0 Å². The first-order valence-electron chi connectivity index (χ1n) is 10.6. The van der Waals surface area contributed by atoms with Gasteiger partial charge in [-0.1, -0.05) is 60.7 Å². The topological polar surface area (TPSA) is 14.2 Å². The number of ether oxygens (including phenoxy) is 1. The van der Waals surface area contributed by atoms with Gasteiger partial charge in [0.25, 0.3) is 0 Å². The van der Waals surface area contributed by atoms with Crippen molar-refractivity contribution in [2.75, 3.05) is 7.11 Å². The maximum Gasteiger partial charge on any atom is 0.119 e. The van der Waals surface area contributed by atoms with Gasteiger partial charge in [-0.05, 0) is 72.5 Å². The number of hydrogen-bond acceptors (Lipinski definition) is 1. The number of rotatable bonds is 4. The summed E-state index contributed by atoms with van der Waals surface area (Å²) in [5.41, 5.74) is 8.55. The highest BCUT2D eigenvalue weighted by Gasteiger charge is 2.21. The van der Waals surface area contributed by atoms with Crippen molar-refractivity contribution in [1.29, 1.82) is 0 Å². The maximum absolute atomic E-state index is 5.42. The minimum atomic E-state index is 0.856. The summed E-state index contributed by atoms with van der Waals surface area (Å²) in [4.78, 5) is 0. The normalized spacial score (nSPS) is 11.1. The zero-order chi connectivity index (χ0) is 21.4. The van der Waals surface area contributed by atoms with Crippen LogP contribution in [0.25, 0.3) is 39.0 Å². The predicted molar refractivity (Wildman–Crippen MR) is 130 cm³/mol. The molecule has 0 saturated heterocycles. The third kappa shape index (κ3) is 3.30. The lowest BCUT2D eigenvalue weighted by atomic mass is 9.99. The van der Waals surface area contributed by atoms with E-state index in [9.17, 15) is 0 Å². The van der Waals surface area contributed by atoms with Gasteiger partial charge in [0, 0.05) is 16.5 Å². The first kappa shape index (κ1) is 19.2. The molecule has 0 bridgehead atoms. The summed E-state index contributed by atoms with van der Waals surface area (Å²) in [7, 11) is 1.70. The smallest absolute Gasteiger partial charge is 0.119 e. The van der Waals surface area contributed by atoms with Gasteiger partial charge in [-0.2, -0.15) is 0 Å². The molecule has 5 rings (SSSR count). The summed E-state index contributed by atoms with van der Waals surface area (Å²) in [5.74, 6) is 0.856. The molecule has 0 amide bonds. The number of nitrogens with zero attached hydrogens (tertiary/aromatic N) is 1. The molecule has 5 aromatic rings. The van der Waals surface area contributed by atoms with Crippen LogP contribution in [0.5, 0.6) is 5.75 Å². The molecule has 0 saturated carbocycles. The third-order valence-corrected chi connectivity index (χ3v) is 6.02. The van der Waals surface area contributed by atoms with Crippen molar-refractivity contribution < 1.29 is 4.74 Å². The molecule has 0 aliphatic heterocycles. The fraction of sp³-hybridized carbons (Fsp3) is 0.103. The van der Waals surface area contributed by atoms with Gasteiger partial charge in [0.1, 0.15) is 5.75 Å². The number of fused-ring (bicyclic) bond motifs is 1. The average Bonchev–Trinajstić information content (AvgIpc) is 3.14. The first-order valence-corrected chi connectivity index (χ1v) is 10.6. The maximum atomic E-state index is 5.42. The quantitative estimate of drug-likeness (QED) is 0.301. The van der Waals surface area contributed by atoms with E-state index in [4.69, 9.17) is 4.74 Å². The molecule has 0 atom stereocenters. The van der Waals surface area contributed by atoms with E-state index in [0.717, 1.165) is 11.4 Å². The Labute approximate surface area is 183 Å². The van der Waals surface area contributed by atoms with Gasteiger partial charge < -0.3 is 9.30 Å². The summed E-state index contributed by atoms with van der Waals surface area (Å²) < 4.78 is 7.81. The lowest BCUT2D eigenvalue weighted by molar-refractivity contribution is 0.415. The van der Waals surface area contributed by atoms with E-state index in [2.05, 4.69) is 103 Å². The van der Waals surface area contributed by atoms with Crippen LogP contribution in [0.3, 0.4) is 0 Å². The van der Waals surface area contributed by atoms with Crippen LogP contribution >= 0.6 is 0 Å². The molecule has 1 aromatic heterocycles. The second kappa shape index (κ2) is 7.81. The zero-order valence-corrected chi connectivity index (χ0v) is 18.1. The first-order chi connectivity index (χ1) is 15.2. The third-order valence-electron chi connectivity index (χ3n) is 6.02. The summed E-state index contributed by atoms with van der Waals surface area (Å²) in [5, 5.41) is 2.54. The van der Waals surface area contributed by atoms with Crippen molar-refractivity contribution in [2.24, 2.45) is 0 Å². The number of hydrogen-bond donors (Lipinski definition) is 0. The molecule has 0 fully saturated rings. The summed E-state index contributed by atoms with van der Waals surface area (Å²) in [6.07, 6.45) is 0. The van der Waals surface area contributed by atoms with E-state index < -0.39 is 0 Å². The minimum absolute atomic E-state index is 0.856. The number of aryl methyl sites for hydroxylation is 2. The lowest BCUT2D eigenvalue weighted by Crippen LogP contribution is -1.99. The van der Waals surface area contributed by atoms with Gasteiger partial charge >= 0.3 is 0 Å². The van der Waals surface area contributed by atoms with E-state index >= 15 is 0 Å². The van der Waals surface area contributed by atoms with Crippen LogP contribution in [-0.4, -0.2) is 11.7 Å². The van der Waals surface area contributed by atoms with Crippen LogP contribution in [0.4, 0.5) is 0 Å². The lowest BCUT2D eigenvalue weighted by Gasteiger charge is -2.15. The van der Waals surface area contributed by atoms with Crippen LogP contribution in [0.1, 0.15) is 11.1 Å². The van der Waals surface area contributed by atoms with Crippen LogP contribution in [-0.2, 0) is 0 Å². The largest absolute Gasteiger partial charge is 0.497 e. The van der Waals surface area contributed by atoms with E-state index in [0.29, 0.717) is 0 Å². The molecule has 0 aliphatic carbocycles. The molecule has 0 unspecified atom stereocenters. The van der Waals surface area contributed by atoms with Crippen LogP contribution in [0.2, 0.25) is 0 Å². The van der Waals surface area contributed by atoms with Gasteiger partial charge in [-0.25, -0.2) is 0 Å². The highest BCUT2D eigenvalue weighted by Crippen LogP contribution is 2.42. The highest BCUT2D eigenvalue weighted by atomic mass is 16.5. The second-order valence-corrected chi connectivity index (χ2v) is 7.94. The van der Waals surface area contributed by atoms with Crippen molar-refractivity contribution in [3.8, 4) is 34.0 Å². The van der Waals surface area contributed by atoms with Crippen molar-refractivity contribution in [3.63, 3.8) is 0 Å². The molecule has 2 heteroatoms. The molecule has 0 radical (unpaired) electrons. The van der Waals surface area contributed by atoms with E-state index in [-0.39, 0.29) is 0 Å². The number of methoxy groups -OCH3 is 1. The van der Waals surface area contributed by atoms with Crippen LogP contribution in [0.15, 0.2) is 97.1 Å². The fourth-order valence-corrected chi connectivity index (χ4v) is 4.31. The SMILES string of the molecule is COc1ccc(-n2c(-c3ccccc3)c3cc(C)c(C)cc3c2-c2ccccc2)cc1. The number of aromatic nitrogens is 1. The van der Waals surface area contributed by atoms with E-state index in [1.165, 1.54) is 44.4 Å². The monoisotopic (exact) mass is 403 g/mol. The van der Waals surface area contributed by atoms with Crippen LogP contribution in [0, 0.1) is 13.8 Å². The van der Waals surface area contributed by atoms with Crippen molar-refractivity contribution in [2.45, 2.75) is 13.8 Å². The van der Waals surface area contributed by atoms with E-state index in [1.54, 1.807) is 7.11 Å². The van der Waals surface area contributed by atoms with Gasteiger partial charge in [-0.15, -0.1) is 0 Å². The zero-order valence-electron chi connectivity index (χ0n) is 18.1. The Morgan fingerprint density at radius 2 is 1.03 bits per heavy atom. The molecule has 152 valence electrons. The Morgan fingerprint density at radius 3 is 1.45 bits per heavy atom. The Kier molecular flexibility index (Phi) is 4.83. The molecule has 4 aromatic carbocycles. The fourth-order valence-electron chi connectivity index (χ4n) is 4.31. The van der Waals surface area contributed by atoms with Crippen LogP contribution < -0.4 is 4.74 Å². The van der Waals surface area contributed by atoms with Gasteiger partial charge in [0.2, 0.25) is 0 Å². The molecule has 1 heterocycles. The standard InChI is InChI=1S/C29H25NO/c1-20-18-26-27(19-21(20)2)29(23-12-8-5-9-13-23)30(24-14-16-25(31-3)17-15-24)28(26)22-10-6-4-7-11-22/h4-19H,1-3H3. The Bertz CT molecular complexity index is 1270. The van der Waals surface area contributed by atoms with Gasteiger partial charge in [0.05, 0.1) is 18.5 Å². The molecule has 0 N–H and O–H groups in total. The summed E-state index contributed by atoms with van der Waals surface area (Å²) >= 11 is 0. The van der Waals surface area contributed by atoms with E-state index in [1.807, 2.05) is 12.1 Å². The molecule has 0 spiro atoms. The van der Waals surface area contributed by atoms with Crippen molar-refractivity contribution in [1.82, 2.24) is 4.57 Å². The molecule has 2 nitrogen and oxygen atoms in total. The predicted octanol–water partition coefficient (Wildman–Crippen LogP) is 7.59.